The maximum absolute atomic E-state index is 5.37. The average Bonchev–Trinajstić information content (AvgIpc) is 2.10. The SMILES string of the molecule is CCNCC(C)C(C)COCC. The lowest BCUT2D eigenvalue weighted by Gasteiger charge is -2.19. The van der Waals surface area contributed by atoms with Crippen molar-refractivity contribution in [1.29, 1.82) is 0 Å². The zero-order valence-electron chi connectivity index (χ0n) is 8.89. The first-order chi connectivity index (χ1) is 5.72. The third kappa shape index (κ3) is 5.56. The van der Waals surface area contributed by atoms with E-state index in [-0.39, 0.29) is 0 Å². The molecule has 0 aliphatic rings. The van der Waals surface area contributed by atoms with Crippen LogP contribution < -0.4 is 5.32 Å². The van der Waals surface area contributed by atoms with E-state index < -0.39 is 0 Å². The Balaban J connectivity index is 3.39. The molecule has 0 aromatic heterocycles. The molecule has 0 aromatic carbocycles. The predicted molar refractivity (Wildman–Crippen MR) is 53.4 cm³/mol. The van der Waals surface area contributed by atoms with Crippen LogP contribution in [0.3, 0.4) is 0 Å². The van der Waals surface area contributed by atoms with Crippen molar-refractivity contribution in [3.05, 3.63) is 0 Å². The highest BCUT2D eigenvalue weighted by molar-refractivity contribution is 4.63. The molecule has 2 unspecified atom stereocenters. The highest BCUT2D eigenvalue weighted by Crippen LogP contribution is 2.09. The Labute approximate surface area is 76.7 Å². The van der Waals surface area contributed by atoms with Crippen LogP contribution in [0.15, 0.2) is 0 Å². The van der Waals surface area contributed by atoms with E-state index in [0.29, 0.717) is 11.8 Å². The Hall–Kier alpha value is -0.0800. The normalized spacial score (nSPS) is 16.0. The van der Waals surface area contributed by atoms with Crippen molar-refractivity contribution in [1.82, 2.24) is 5.32 Å². The molecule has 0 aliphatic carbocycles. The van der Waals surface area contributed by atoms with E-state index in [9.17, 15) is 0 Å². The Bertz CT molecular complexity index is 83.8. The maximum atomic E-state index is 5.37. The van der Waals surface area contributed by atoms with Crippen molar-refractivity contribution >= 4 is 0 Å². The van der Waals surface area contributed by atoms with Crippen LogP contribution in [-0.2, 0) is 4.74 Å². The van der Waals surface area contributed by atoms with Crippen molar-refractivity contribution in [3.8, 4) is 0 Å². The van der Waals surface area contributed by atoms with E-state index in [1.165, 1.54) is 0 Å². The predicted octanol–water partition coefficient (Wildman–Crippen LogP) is 1.90. The van der Waals surface area contributed by atoms with Gasteiger partial charge in [0.25, 0.3) is 0 Å². The number of hydrogen-bond donors (Lipinski definition) is 1. The molecule has 74 valence electrons. The van der Waals surface area contributed by atoms with Crippen LogP contribution in [0.25, 0.3) is 0 Å². The lowest BCUT2D eigenvalue weighted by atomic mass is 9.97. The van der Waals surface area contributed by atoms with Gasteiger partial charge in [-0.05, 0) is 31.8 Å². The molecule has 0 aliphatic heterocycles. The van der Waals surface area contributed by atoms with E-state index in [1.807, 2.05) is 6.92 Å². The highest BCUT2D eigenvalue weighted by Gasteiger charge is 2.10. The van der Waals surface area contributed by atoms with Gasteiger partial charge in [0.05, 0.1) is 0 Å². The van der Waals surface area contributed by atoms with Crippen LogP contribution in [0.5, 0.6) is 0 Å². The highest BCUT2D eigenvalue weighted by atomic mass is 16.5. The van der Waals surface area contributed by atoms with Gasteiger partial charge < -0.3 is 10.1 Å². The Kier molecular flexibility index (Phi) is 7.51. The minimum absolute atomic E-state index is 0.656. The fourth-order valence-corrected chi connectivity index (χ4v) is 1.04. The van der Waals surface area contributed by atoms with Crippen LogP contribution in [0.1, 0.15) is 27.7 Å². The van der Waals surface area contributed by atoms with Gasteiger partial charge in [0.1, 0.15) is 0 Å². The second kappa shape index (κ2) is 7.56. The monoisotopic (exact) mass is 173 g/mol. The summed E-state index contributed by atoms with van der Waals surface area (Å²) in [4.78, 5) is 0. The van der Waals surface area contributed by atoms with Crippen LogP contribution in [0.2, 0.25) is 0 Å². The van der Waals surface area contributed by atoms with Crippen LogP contribution >= 0.6 is 0 Å². The first kappa shape index (κ1) is 11.9. The van der Waals surface area contributed by atoms with E-state index >= 15 is 0 Å². The summed E-state index contributed by atoms with van der Waals surface area (Å²) in [6.45, 7) is 12.6. The number of ether oxygens (including phenoxy) is 1. The molecule has 0 saturated carbocycles. The summed E-state index contributed by atoms with van der Waals surface area (Å²) < 4.78 is 5.37. The van der Waals surface area contributed by atoms with Gasteiger partial charge in [0, 0.05) is 13.2 Å². The van der Waals surface area contributed by atoms with E-state index in [1.54, 1.807) is 0 Å². The minimum atomic E-state index is 0.656. The molecule has 0 fully saturated rings. The van der Waals surface area contributed by atoms with Gasteiger partial charge in [-0.2, -0.15) is 0 Å². The number of nitrogens with one attached hydrogen (secondary N) is 1. The van der Waals surface area contributed by atoms with Gasteiger partial charge >= 0.3 is 0 Å². The largest absolute Gasteiger partial charge is 0.381 e. The maximum Gasteiger partial charge on any atom is 0.0494 e. The molecule has 2 atom stereocenters. The summed E-state index contributed by atoms with van der Waals surface area (Å²) >= 11 is 0. The van der Waals surface area contributed by atoms with Gasteiger partial charge in [-0.15, -0.1) is 0 Å². The van der Waals surface area contributed by atoms with Crippen LogP contribution in [0.4, 0.5) is 0 Å². The molecular formula is C10H23NO. The van der Waals surface area contributed by atoms with E-state index in [0.717, 1.165) is 26.3 Å². The molecule has 2 heteroatoms. The summed E-state index contributed by atoms with van der Waals surface area (Å²) in [5.41, 5.74) is 0. The molecule has 0 heterocycles. The Morgan fingerprint density at radius 1 is 1.17 bits per heavy atom. The van der Waals surface area contributed by atoms with Crippen molar-refractivity contribution in [2.24, 2.45) is 11.8 Å². The summed E-state index contributed by atoms with van der Waals surface area (Å²) in [5.74, 6) is 1.36. The molecule has 0 spiro atoms. The quantitative estimate of drug-likeness (QED) is 0.635. The molecule has 0 rings (SSSR count). The molecular weight excluding hydrogens is 150 g/mol. The second-order valence-corrected chi connectivity index (χ2v) is 3.42. The fraction of sp³-hybridized carbons (Fsp3) is 1.00. The van der Waals surface area contributed by atoms with Gasteiger partial charge in [-0.1, -0.05) is 20.8 Å². The van der Waals surface area contributed by atoms with Gasteiger partial charge in [-0.3, -0.25) is 0 Å². The second-order valence-electron chi connectivity index (χ2n) is 3.42. The van der Waals surface area contributed by atoms with Crippen LogP contribution in [-0.4, -0.2) is 26.3 Å². The van der Waals surface area contributed by atoms with Crippen molar-refractivity contribution in [2.75, 3.05) is 26.3 Å². The molecule has 2 nitrogen and oxygen atoms in total. The summed E-state index contributed by atoms with van der Waals surface area (Å²) in [5, 5.41) is 3.35. The van der Waals surface area contributed by atoms with Gasteiger partial charge in [-0.25, -0.2) is 0 Å². The topological polar surface area (TPSA) is 21.3 Å². The standard InChI is InChI=1S/C10H23NO/c1-5-11-7-9(3)10(4)8-12-6-2/h9-11H,5-8H2,1-4H3. The average molecular weight is 173 g/mol. The summed E-state index contributed by atoms with van der Waals surface area (Å²) in [6, 6.07) is 0. The molecule has 12 heavy (non-hydrogen) atoms. The Morgan fingerprint density at radius 3 is 2.33 bits per heavy atom. The molecule has 0 amide bonds. The smallest absolute Gasteiger partial charge is 0.0494 e. The molecule has 0 aromatic rings. The number of hydrogen-bond acceptors (Lipinski definition) is 2. The molecule has 0 saturated heterocycles. The molecule has 1 N–H and O–H groups in total. The van der Waals surface area contributed by atoms with Crippen molar-refractivity contribution in [3.63, 3.8) is 0 Å². The number of rotatable bonds is 7. The molecule has 0 radical (unpaired) electrons. The third-order valence-electron chi connectivity index (χ3n) is 2.27. The Morgan fingerprint density at radius 2 is 1.83 bits per heavy atom. The van der Waals surface area contributed by atoms with E-state index in [2.05, 4.69) is 26.1 Å². The first-order valence-corrected chi connectivity index (χ1v) is 5.00. The van der Waals surface area contributed by atoms with E-state index in [4.69, 9.17) is 4.74 Å². The lowest BCUT2D eigenvalue weighted by molar-refractivity contribution is 0.0964. The van der Waals surface area contributed by atoms with Gasteiger partial charge in [0.2, 0.25) is 0 Å². The lowest BCUT2D eigenvalue weighted by Crippen LogP contribution is -2.27. The van der Waals surface area contributed by atoms with Crippen molar-refractivity contribution < 1.29 is 4.74 Å². The zero-order valence-corrected chi connectivity index (χ0v) is 8.89. The summed E-state index contributed by atoms with van der Waals surface area (Å²) in [7, 11) is 0. The molecule has 0 bridgehead atoms. The minimum Gasteiger partial charge on any atom is -0.381 e. The zero-order chi connectivity index (χ0) is 9.40. The third-order valence-corrected chi connectivity index (χ3v) is 2.27. The fourth-order valence-electron chi connectivity index (χ4n) is 1.04. The first-order valence-electron chi connectivity index (χ1n) is 5.00. The summed E-state index contributed by atoms with van der Waals surface area (Å²) in [6.07, 6.45) is 0. The van der Waals surface area contributed by atoms with Gasteiger partial charge in [0.15, 0.2) is 0 Å². The van der Waals surface area contributed by atoms with Crippen molar-refractivity contribution in [2.45, 2.75) is 27.7 Å². The van der Waals surface area contributed by atoms with Crippen LogP contribution in [0, 0.1) is 11.8 Å².